The number of nitrogens with one attached hydrogen (secondary N) is 1. The Bertz CT molecular complexity index is 487. The molecule has 2 rings (SSSR count). The van der Waals surface area contributed by atoms with Gasteiger partial charge in [-0.2, -0.15) is 5.10 Å². The number of amides is 1. The van der Waals surface area contributed by atoms with E-state index in [0.717, 1.165) is 17.1 Å². The van der Waals surface area contributed by atoms with Gasteiger partial charge in [-0.3, -0.25) is 4.79 Å². The number of anilines is 2. The van der Waals surface area contributed by atoms with Gasteiger partial charge in [0.05, 0.1) is 24.1 Å². The highest BCUT2D eigenvalue weighted by Crippen LogP contribution is 2.22. The number of carbonyl (C=O) groups excluding carboxylic acids is 1. The summed E-state index contributed by atoms with van der Waals surface area (Å²) >= 11 is 5.51. The Kier molecular flexibility index (Phi) is 4.39. The van der Waals surface area contributed by atoms with E-state index in [1.54, 1.807) is 0 Å². The molecule has 0 aromatic heterocycles. The summed E-state index contributed by atoms with van der Waals surface area (Å²) in [6.45, 7) is 2.23. The summed E-state index contributed by atoms with van der Waals surface area (Å²) in [5, 5.41) is 18.0. The lowest BCUT2D eigenvalue weighted by Crippen LogP contribution is -2.21. The maximum Gasteiger partial charge on any atom is 0.253 e. The fourth-order valence-electron chi connectivity index (χ4n) is 1.77. The largest absolute Gasteiger partial charge is 0.390 e. The van der Waals surface area contributed by atoms with Gasteiger partial charge in [0, 0.05) is 17.9 Å². The van der Waals surface area contributed by atoms with E-state index in [9.17, 15) is 9.90 Å². The van der Waals surface area contributed by atoms with Crippen LogP contribution in [0.3, 0.4) is 0 Å². The topological polar surface area (TPSA) is 64.9 Å². The second-order valence-electron chi connectivity index (χ2n) is 4.45. The van der Waals surface area contributed by atoms with E-state index in [-0.39, 0.29) is 11.8 Å². The van der Waals surface area contributed by atoms with Crippen molar-refractivity contribution >= 4 is 34.6 Å². The van der Waals surface area contributed by atoms with Crippen LogP contribution in [0.15, 0.2) is 29.4 Å². The molecule has 0 radical (unpaired) electrons. The minimum Gasteiger partial charge on any atom is -0.390 e. The van der Waals surface area contributed by atoms with Crippen molar-refractivity contribution in [2.75, 3.05) is 22.8 Å². The van der Waals surface area contributed by atoms with Crippen molar-refractivity contribution in [3.05, 3.63) is 24.3 Å². The third-order valence-electron chi connectivity index (χ3n) is 2.75. The number of alkyl halides is 1. The van der Waals surface area contributed by atoms with Crippen molar-refractivity contribution in [1.29, 1.82) is 0 Å². The molecule has 102 valence electrons. The molecule has 1 amide bonds. The molecule has 5 nitrogen and oxygen atoms in total. The lowest BCUT2D eigenvalue weighted by atomic mass is 10.2. The quantitative estimate of drug-likeness (QED) is 0.809. The zero-order valence-corrected chi connectivity index (χ0v) is 11.4. The summed E-state index contributed by atoms with van der Waals surface area (Å²) in [7, 11) is 0. The van der Waals surface area contributed by atoms with Crippen LogP contribution in [0, 0.1) is 0 Å². The molecule has 0 aliphatic carbocycles. The van der Waals surface area contributed by atoms with Gasteiger partial charge in [0.1, 0.15) is 0 Å². The zero-order valence-electron chi connectivity index (χ0n) is 10.6. The number of hydrogen-bond donors (Lipinski definition) is 2. The lowest BCUT2D eigenvalue weighted by Gasteiger charge is -2.14. The van der Waals surface area contributed by atoms with Crippen molar-refractivity contribution in [3.63, 3.8) is 0 Å². The number of hydrazone groups is 1. The number of carbonyl (C=O) groups is 1. The van der Waals surface area contributed by atoms with Gasteiger partial charge < -0.3 is 10.4 Å². The summed E-state index contributed by atoms with van der Waals surface area (Å²) in [4.78, 5) is 11.7. The Labute approximate surface area is 116 Å². The van der Waals surface area contributed by atoms with Crippen LogP contribution in [-0.4, -0.2) is 35.3 Å². The highest BCUT2D eigenvalue weighted by atomic mass is 35.5. The van der Waals surface area contributed by atoms with Crippen molar-refractivity contribution in [1.82, 2.24) is 0 Å². The first-order valence-corrected chi connectivity index (χ1v) is 6.58. The Morgan fingerprint density at radius 1 is 1.47 bits per heavy atom. The van der Waals surface area contributed by atoms with E-state index >= 15 is 0 Å². The zero-order chi connectivity index (χ0) is 13.8. The highest BCUT2D eigenvalue weighted by Gasteiger charge is 2.22. The van der Waals surface area contributed by atoms with Crippen LogP contribution < -0.4 is 10.3 Å². The summed E-state index contributed by atoms with van der Waals surface area (Å²) in [6.07, 6.45) is -0.198. The van der Waals surface area contributed by atoms with Crippen LogP contribution >= 0.6 is 11.6 Å². The molecule has 0 spiro atoms. The number of rotatable bonds is 5. The second-order valence-corrected chi connectivity index (χ2v) is 4.76. The average molecular weight is 282 g/mol. The Morgan fingerprint density at radius 2 is 2.16 bits per heavy atom. The molecular weight excluding hydrogens is 266 g/mol. The number of aliphatic hydroxyl groups is 1. The van der Waals surface area contributed by atoms with Crippen LogP contribution in [0.4, 0.5) is 11.4 Å². The van der Waals surface area contributed by atoms with Crippen LogP contribution in [-0.2, 0) is 4.79 Å². The first-order valence-electron chi connectivity index (χ1n) is 6.05. The predicted molar refractivity (Wildman–Crippen MR) is 76.9 cm³/mol. The molecule has 1 aliphatic rings. The molecule has 0 fully saturated rings. The predicted octanol–water partition coefficient (Wildman–Crippen LogP) is 1.81. The van der Waals surface area contributed by atoms with Gasteiger partial charge in [0.2, 0.25) is 0 Å². The molecule has 19 heavy (non-hydrogen) atoms. The monoisotopic (exact) mass is 281 g/mol. The molecular formula is C13H16ClN3O2. The van der Waals surface area contributed by atoms with Gasteiger partial charge in [0.15, 0.2) is 0 Å². The van der Waals surface area contributed by atoms with Crippen molar-refractivity contribution in [2.45, 2.75) is 19.4 Å². The third kappa shape index (κ3) is 3.45. The first kappa shape index (κ1) is 13.8. The molecule has 1 heterocycles. The standard InChI is InChI=1S/C13H16ClN3O2/c1-9-6-13(19)17(16-9)11-4-2-10(3-5-11)15-8-12(18)7-14/h2-5,12,15,18H,6-8H2,1H3. The van der Waals surface area contributed by atoms with Crippen LogP contribution in [0.5, 0.6) is 0 Å². The van der Waals surface area contributed by atoms with Crippen LogP contribution in [0.2, 0.25) is 0 Å². The number of benzene rings is 1. The number of hydrogen-bond acceptors (Lipinski definition) is 4. The molecule has 1 aliphatic heterocycles. The highest BCUT2D eigenvalue weighted by molar-refractivity contribution is 6.18. The summed E-state index contributed by atoms with van der Waals surface area (Å²) in [5.41, 5.74) is 2.42. The Balaban J connectivity index is 2.01. The number of aliphatic hydroxyl groups excluding tert-OH is 1. The molecule has 2 N–H and O–H groups in total. The number of nitrogens with zero attached hydrogens (tertiary/aromatic N) is 2. The Morgan fingerprint density at radius 3 is 2.68 bits per heavy atom. The third-order valence-corrected chi connectivity index (χ3v) is 3.10. The fraction of sp³-hybridized carbons (Fsp3) is 0.385. The lowest BCUT2D eigenvalue weighted by molar-refractivity contribution is -0.116. The van der Waals surface area contributed by atoms with Gasteiger partial charge >= 0.3 is 0 Å². The number of halogens is 1. The molecule has 0 bridgehead atoms. The van der Waals surface area contributed by atoms with Gasteiger partial charge in [-0.15, -0.1) is 11.6 Å². The van der Waals surface area contributed by atoms with Crippen molar-refractivity contribution in [2.24, 2.45) is 5.10 Å². The van der Waals surface area contributed by atoms with E-state index in [1.165, 1.54) is 5.01 Å². The molecule has 1 aromatic rings. The second kappa shape index (κ2) is 6.04. The first-order chi connectivity index (χ1) is 9.10. The molecule has 1 unspecified atom stereocenters. The van der Waals surface area contributed by atoms with Gasteiger partial charge in [-0.1, -0.05) is 0 Å². The van der Waals surface area contributed by atoms with E-state index in [1.807, 2.05) is 31.2 Å². The van der Waals surface area contributed by atoms with Gasteiger partial charge in [-0.25, -0.2) is 5.01 Å². The van der Waals surface area contributed by atoms with Crippen LogP contribution in [0.25, 0.3) is 0 Å². The normalized spacial score (nSPS) is 16.5. The Hall–Kier alpha value is -1.59. The van der Waals surface area contributed by atoms with E-state index in [2.05, 4.69) is 10.4 Å². The summed E-state index contributed by atoms with van der Waals surface area (Å²) in [5.74, 6) is 0.178. The van der Waals surface area contributed by atoms with E-state index in [4.69, 9.17) is 11.6 Å². The van der Waals surface area contributed by atoms with Crippen molar-refractivity contribution < 1.29 is 9.90 Å². The molecule has 6 heteroatoms. The minimum absolute atomic E-state index is 0.0178. The molecule has 0 saturated carbocycles. The van der Waals surface area contributed by atoms with E-state index < -0.39 is 6.10 Å². The van der Waals surface area contributed by atoms with Crippen LogP contribution in [0.1, 0.15) is 13.3 Å². The minimum atomic E-state index is -0.575. The average Bonchev–Trinajstić information content (AvgIpc) is 2.75. The molecule has 1 atom stereocenters. The molecule has 1 aromatic carbocycles. The van der Waals surface area contributed by atoms with Gasteiger partial charge in [-0.05, 0) is 31.2 Å². The molecule has 0 saturated heterocycles. The maximum atomic E-state index is 11.7. The fourth-order valence-corrected chi connectivity index (χ4v) is 1.88. The summed E-state index contributed by atoms with van der Waals surface area (Å²) < 4.78 is 0. The summed E-state index contributed by atoms with van der Waals surface area (Å²) in [6, 6.07) is 7.31. The smallest absolute Gasteiger partial charge is 0.253 e. The van der Waals surface area contributed by atoms with Gasteiger partial charge in [0.25, 0.3) is 5.91 Å². The van der Waals surface area contributed by atoms with E-state index in [0.29, 0.717) is 13.0 Å². The SMILES string of the molecule is CC1=NN(c2ccc(NCC(O)CCl)cc2)C(=O)C1. The maximum absolute atomic E-state index is 11.7. The van der Waals surface area contributed by atoms with Crippen molar-refractivity contribution in [3.8, 4) is 0 Å².